The van der Waals surface area contributed by atoms with Gasteiger partial charge in [0.1, 0.15) is 5.78 Å². The summed E-state index contributed by atoms with van der Waals surface area (Å²) < 4.78 is 86.1. The molecule has 2 aliphatic heterocycles. The summed E-state index contributed by atoms with van der Waals surface area (Å²) in [6.07, 6.45) is -12.8. The second kappa shape index (κ2) is 4.65. The number of hydrogen-bond acceptors (Lipinski definition) is 2. The predicted octanol–water partition coefficient (Wildman–Crippen LogP) is 2.81. The van der Waals surface area contributed by atoms with E-state index in [1.165, 1.54) is 0 Å². The Balaban J connectivity index is 2.53. The molecule has 2 heteroatoms. The molecule has 1 N–H and O–H groups in total. The van der Waals surface area contributed by atoms with E-state index < -0.39 is 37.9 Å². The van der Waals surface area contributed by atoms with Crippen molar-refractivity contribution in [3.8, 4) is 0 Å². The van der Waals surface area contributed by atoms with Crippen molar-refractivity contribution in [2.45, 2.75) is 76.0 Å². The number of piperidine rings is 2. The number of Topliss-reactive ketones (excluding diaryl/α,β-unsaturated/α-hetero) is 1. The summed E-state index contributed by atoms with van der Waals surface area (Å²) in [4.78, 5) is 12.1. The lowest BCUT2D eigenvalue weighted by molar-refractivity contribution is -0.124. The maximum absolute atomic E-state index is 12.1. The average molecular weight is 220 g/mol. The van der Waals surface area contributed by atoms with Gasteiger partial charge in [0.05, 0.1) is 0 Å². The first-order chi connectivity index (χ1) is 11.4. The molecule has 2 nitrogen and oxygen atoms in total. The molecule has 0 saturated carbocycles. The number of carbonyl (C=O) groups excluding carboxylic acids is 1. The highest BCUT2D eigenvalue weighted by atomic mass is 16.1. The quantitative estimate of drug-likeness (QED) is 0.789. The highest BCUT2D eigenvalue weighted by Crippen LogP contribution is 2.35. The van der Waals surface area contributed by atoms with Crippen LogP contribution < -0.4 is 5.32 Å². The summed E-state index contributed by atoms with van der Waals surface area (Å²) in [5.41, 5.74) is -1.70. The molecule has 15 heavy (non-hydrogen) atoms. The van der Waals surface area contributed by atoms with E-state index in [0.29, 0.717) is 12.8 Å². The van der Waals surface area contributed by atoms with Gasteiger partial charge in [0.25, 0.3) is 0 Å². The van der Waals surface area contributed by atoms with Gasteiger partial charge in [-0.1, -0.05) is 32.4 Å². The number of nitrogens with one attached hydrogen (secondary N) is 1. The van der Waals surface area contributed by atoms with Gasteiger partial charge in [-0.15, -0.1) is 0 Å². The first-order valence-electron chi connectivity index (χ1n) is 10.7. The second-order valence-corrected chi connectivity index (χ2v) is 4.24. The fraction of sp³-hybridized carbons (Fsp3) is 0.923. The Bertz CT molecular complexity index is 585. The number of carbonyl (C=O) groups is 1. The molecule has 1 unspecified atom stereocenters. The molecule has 2 heterocycles. The molecule has 0 aromatic carbocycles. The first-order valence-corrected chi connectivity index (χ1v) is 5.22. The lowest BCUT2D eigenvalue weighted by atomic mass is 9.73. The lowest BCUT2D eigenvalue weighted by Gasteiger charge is -2.46. The number of fused-ring (bicyclic) bond motifs is 2. The summed E-state index contributed by atoms with van der Waals surface area (Å²) in [7, 11) is 0. The van der Waals surface area contributed by atoms with E-state index >= 15 is 0 Å². The molecular weight excluding hydrogens is 186 g/mol. The Kier molecular flexibility index (Phi) is 1.19. The van der Waals surface area contributed by atoms with Gasteiger partial charge in [0, 0.05) is 39.5 Å². The largest absolute Gasteiger partial charge is 0.308 e. The SMILES string of the molecule is [2H]C([2H])([2H])C([2H])([2H])C([2H])([2H])C([2H])([2H])C([2H])([2H])[C@@]12CCCC(CC(=O)C1)N2. The molecule has 2 atom stereocenters. The minimum Gasteiger partial charge on any atom is -0.308 e. The highest BCUT2D eigenvalue weighted by Gasteiger charge is 2.41. The topological polar surface area (TPSA) is 29.1 Å². The molecule has 0 aliphatic carbocycles. The van der Waals surface area contributed by atoms with Crippen molar-refractivity contribution in [1.29, 1.82) is 0 Å². The average Bonchev–Trinajstić information content (AvgIpc) is 2.44. The smallest absolute Gasteiger partial charge is 0.136 e. The minimum atomic E-state index is -3.68. The van der Waals surface area contributed by atoms with Crippen molar-refractivity contribution in [3.63, 3.8) is 0 Å². The summed E-state index contributed by atoms with van der Waals surface area (Å²) in [6.45, 7) is -3.50. The zero-order chi connectivity index (χ0) is 20.4. The van der Waals surface area contributed by atoms with Gasteiger partial charge in [-0.2, -0.15) is 0 Å². The van der Waals surface area contributed by atoms with E-state index in [4.69, 9.17) is 15.1 Å². The van der Waals surface area contributed by atoms with E-state index in [1.807, 2.05) is 0 Å². The summed E-state index contributed by atoms with van der Waals surface area (Å²) in [5.74, 6) is -0.271. The van der Waals surface area contributed by atoms with E-state index in [-0.39, 0.29) is 31.1 Å². The molecule has 0 amide bonds. The molecule has 2 fully saturated rings. The van der Waals surface area contributed by atoms with Crippen molar-refractivity contribution in [2.75, 3.05) is 0 Å². The Morgan fingerprint density at radius 3 is 3.47 bits per heavy atom. The number of hydrogen-bond donors (Lipinski definition) is 1. The highest BCUT2D eigenvalue weighted by molar-refractivity contribution is 5.81. The molecule has 2 rings (SSSR count). The van der Waals surface area contributed by atoms with E-state index in [9.17, 15) is 4.79 Å². The van der Waals surface area contributed by atoms with Gasteiger partial charge >= 0.3 is 0 Å². The van der Waals surface area contributed by atoms with Gasteiger partial charge in [-0.3, -0.25) is 4.79 Å². The lowest BCUT2D eigenvalue weighted by Crippen LogP contribution is -2.58. The van der Waals surface area contributed by atoms with Gasteiger partial charge in [-0.05, 0) is 19.2 Å². The van der Waals surface area contributed by atoms with Crippen LogP contribution >= 0.6 is 0 Å². The Labute approximate surface area is 108 Å². The van der Waals surface area contributed by atoms with Crippen molar-refractivity contribution in [1.82, 2.24) is 5.32 Å². The summed E-state index contributed by atoms with van der Waals surface area (Å²) >= 11 is 0. The standard InChI is InChI=1S/C13H23NO/c1-2-3-4-7-13-8-5-6-11(14-13)9-12(15)10-13/h11,14H,2-10H2,1H3/t11?,13-/m1/s1/i1D3,2D2,3D2,4D2,7D2. The Morgan fingerprint density at radius 2 is 2.60 bits per heavy atom. The van der Waals surface area contributed by atoms with Crippen LogP contribution in [0.2, 0.25) is 0 Å². The van der Waals surface area contributed by atoms with Crippen LogP contribution in [0.25, 0.3) is 0 Å². The minimum absolute atomic E-state index is 0.0780. The predicted molar refractivity (Wildman–Crippen MR) is 61.9 cm³/mol. The van der Waals surface area contributed by atoms with Crippen LogP contribution in [-0.2, 0) is 4.79 Å². The van der Waals surface area contributed by atoms with E-state index in [1.54, 1.807) is 0 Å². The zero-order valence-electron chi connectivity index (χ0n) is 19.5. The molecule has 0 aromatic heterocycles. The van der Waals surface area contributed by atoms with Gasteiger partial charge < -0.3 is 5.32 Å². The third-order valence-corrected chi connectivity index (χ3v) is 3.04. The van der Waals surface area contributed by atoms with Crippen LogP contribution in [-0.4, -0.2) is 17.4 Å². The van der Waals surface area contributed by atoms with Crippen molar-refractivity contribution >= 4 is 5.78 Å². The zero-order valence-corrected chi connectivity index (χ0v) is 8.52. The monoisotopic (exact) mass is 220 g/mol. The molecule has 0 radical (unpaired) electrons. The van der Waals surface area contributed by atoms with Crippen LogP contribution in [0.4, 0.5) is 0 Å². The van der Waals surface area contributed by atoms with E-state index in [0.717, 1.165) is 0 Å². The maximum Gasteiger partial charge on any atom is 0.136 e. The molecule has 86 valence electrons. The fourth-order valence-electron chi connectivity index (χ4n) is 2.49. The molecular formula is C13H23NO. The molecule has 0 spiro atoms. The summed E-state index contributed by atoms with van der Waals surface area (Å²) in [6, 6.07) is -0.346. The van der Waals surface area contributed by atoms with Crippen molar-refractivity contribution in [2.24, 2.45) is 0 Å². The number of ketones is 1. The van der Waals surface area contributed by atoms with Crippen LogP contribution in [0.1, 0.15) is 79.5 Å². The van der Waals surface area contributed by atoms with Crippen molar-refractivity contribution < 1.29 is 19.9 Å². The normalized spacial score (nSPS) is 51.1. The fourth-order valence-corrected chi connectivity index (χ4v) is 2.49. The first kappa shape index (κ1) is 3.83. The van der Waals surface area contributed by atoms with Crippen LogP contribution in [0, 0.1) is 0 Å². The second-order valence-electron chi connectivity index (χ2n) is 4.24. The molecule has 2 aliphatic rings. The van der Waals surface area contributed by atoms with Gasteiger partial charge in [0.2, 0.25) is 0 Å². The van der Waals surface area contributed by atoms with Gasteiger partial charge in [-0.25, -0.2) is 0 Å². The summed E-state index contributed by atoms with van der Waals surface area (Å²) in [5, 5.41) is 2.94. The molecule has 2 bridgehead atoms. The Hall–Kier alpha value is -0.370. The number of rotatable bonds is 4. The molecule has 0 aromatic rings. The van der Waals surface area contributed by atoms with Crippen LogP contribution in [0.15, 0.2) is 0 Å². The molecule has 2 saturated heterocycles. The third kappa shape index (κ3) is 2.60. The van der Waals surface area contributed by atoms with E-state index in [2.05, 4.69) is 5.32 Å². The van der Waals surface area contributed by atoms with Gasteiger partial charge in [0.15, 0.2) is 0 Å². The Morgan fingerprint density at radius 1 is 1.67 bits per heavy atom. The third-order valence-electron chi connectivity index (χ3n) is 3.04. The van der Waals surface area contributed by atoms with Crippen LogP contribution in [0.3, 0.4) is 0 Å². The van der Waals surface area contributed by atoms with Crippen LogP contribution in [0.5, 0.6) is 0 Å². The maximum atomic E-state index is 12.1. The van der Waals surface area contributed by atoms with Crippen molar-refractivity contribution in [3.05, 3.63) is 0 Å².